The van der Waals surface area contributed by atoms with E-state index in [-0.39, 0.29) is 30.3 Å². The lowest BCUT2D eigenvalue weighted by Gasteiger charge is -2.06. The van der Waals surface area contributed by atoms with Gasteiger partial charge in [0.1, 0.15) is 5.82 Å². The van der Waals surface area contributed by atoms with E-state index in [1.807, 2.05) is 12.1 Å². The van der Waals surface area contributed by atoms with Crippen LogP contribution >= 0.6 is 15.9 Å². The average molecular weight is 404 g/mol. The lowest BCUT2D eigenvalue weighted by atomic mass is 10.2. The van der Waals surface area contributed by atoms with E-state index in [2.05, 4.69) is 41.5 Å². The van der Waals surface area contributed by atoms with Crippen LogP contribution in [0.2, 0.25) is 0 Å². The number of nitrogens with one attached hydrogen (secondary N) is 4. The molecule has 3 aromatic rings. The Labute approximate surface area is 150 Å². The normalized spacial score (nSPS) is 10.6. The largest absolute Gasteiger partial charge is 0.326 e. The fourth-order valence-corrected chi connectivity index (χ4v) is 2.44. The molecule has 0 spiro atoms. The van der Waals surface area contributed by atoms with E-state index in [0.29, 0.717) is 22.7 Å². The van der Waals surface area contributed by atoms with Crippen LogP contribution in [0.1, 0.15) is 12.8 Å². The van der Waals surface area contributed by atoms with Gasteiger partial charge in [-0.1, -0.05) is 15.9 Å². The minimum absolute atomic E-state index is 0.0196. The lowest BCUT2D eigenvalue weighted by Crippen LogP contribution is -2.17. The summed E-state index contributed by atoms with van der Waals surface area (Å²) in [5.74, 6) is -0.285. The molecule has 0 aliphatic rings. The molecule has 0 aliphatic carbocycles. The monoisotopic (exact) mass is 403 g/mol. The second kappa shape index (κ2) is 7.31. The molecule has 0 aliphatic heterocycles. The molecule has 2 amide bonds. The molecule has 0 saturated carbocycles. The standard InChI is InChI=1S/C16H14BrN5O3/c17-9-1-3-10(4-2-9)18-13(23)7-8-14(24)20-12-6-5-11-15(21-12)22-16(25)19-11/h1-6H,7-8H2,(H,18,23)(H3,19,20,21,22,24,25). The third kappa shape index (κ3) is 4.54. The highest BCUT2D eigenvalue weighted by atomic mass is 79.9. The van der Waals surface area contributed by atoms with Crippen LogP contribution in [-0.4, -0.2) is 26.8 Å². The molecule has 3 rings (SSSR count). The number of imidazole rings is 1. The van der Waals surface area contributed by atoms with Crippen molar-refractivity contribution in [3.05, 3.63) is 51.4 Å². The SMILES string of the molecule is O=C(CCC(=O)Nc1ccc2[nH]c(=O)[nH]c2n1)Nc1ccc(Br)cc1. The Kier molecular flexibility index (Phi) is 4.94. The van der Waals surface area contributed by atoms with E-state index in [1.165, 1.54) is 0 Å². The van der Waals surface area contributed by atoms with Crippen molar-refractivity contribution in [2.45, 2.75) is 12.8 Å². The molecule has 0 radical (unpaired) electrons. The second-order valence-corrected chi connectivity index (χ2v) is 6.19. The van der Waals surface area contributed by atoms with Gasteiger partial charge in [0.2, 0.25) is 11.8 Å². The maximum atomic E-state index is 11.9. The van der Waals surface area contributed by atoms with Gasteiger partial charge in [-0.2, -0.15) is 0 Å². The zero-order valence-corrected chi connectivity index (χ0v) is 14.5. The summed E-state index contributed by atoms with van der Waals surface area (Å²) in [6.45, 7) is 0. The molecule has 2 aromatic heterocycles. The van der Waals surface area contributed by atoms with Gasteiger partial charge in [-0.15, -0.1) is 0 Å². The first-order chi connectivity index (χ1) is 12.0. The van der Waals surface area contributed by atoms with Crippen LogP contribution in [0.5, 0.6) is 0 Å². The maximum Gasteiger partial charge on any atom is 0.325 e. The second-order valence-electron chi connectivity index (χ2n) is 5.28. The number of pyridine rings is 1. The number of fused-ring (bicyclic) bond motifs is 1. The molecule has 9 heteroatoms. The highest BCUT2D eigenvalue weighted by molar-refractivity contribution is 9.10. The van der Waals surface area contributed by atoms with Crippen molar-refractivity contribution in [3.63, 3.8) is 0 Å². The van der Waals surface area contributed by atoms with Gasteiger partial charge in [0.15, 0.2) is 5.65 Å². The van der Waals surface area contributed by atoms with Gasteiger partial charge in [0.25, 0.3) is 0 Å². The summed E-state index contributed by atoms with van der Waals surface area (Å²) in [5.41, 5.74) is 1.21. The molecular weight excluding hydrogens is 390 g/mol. The van der Waals surface area contributed by atoms with Crippen molar-refractivity contribution in [2.75, 3.05) is 10.6 Å². The molecule has 0 saturated heterocycles. The first-order valence-electron chi connectivity index (χ1n) is 7.44. The number of aromatic nitrogens is 3. The number of amides is 2. The fourth-order valence-electron chi connectivity index (χ4n) is 2.18. The summed E-state index contributed by atoms with van der Waals surface area (Å²) in [6.07, 6.45) is 0.0663. The number of aromatic amines is 2. The van der Waals surface area contributed by atoms with Crippen molar-refractivity contribution in [1.29, 1.82) is 0 Å². The predicted octanol–water partition coefficient (Wildman–Crippen LogP) is 2.37. The van der Waals surface area contributed by atoms with Gasteiger partial charge >= 0.3 is 5.69 Å². The number of H-pyrrole nitrogens is 2. The van der Waals surface area contributed by atoms with Gasteiger partial charge in [-0.25, -0.2) is 9.78 Å². The molecule has 0 atom stereocenters. The van der Waals surface area contributed by atoms with E-state index in [0.717, 1.165) is 4.47 Å². The number of hydrogen-bond acceptors (Lipinski definition) is 4. The maximum absolute atomic E-state index is 11.9. The first-order valence-corrected chi connectivity index (χ1v) is 8.23. The number of rotatable bonds is 5. The van der Waals surface area contributed by atoms with Gasteiger partial charge in [-0.05, 0) is 36.4 Å². The molecule has 1 aromatic carbocycles. The van der Waals surface area contributed by atoms with Crippen molar-refractivity contribution < 1.29 is 9.59 Å². The van der Waals surface area contributed by atoms with Crippen LogP contribution in [0.15, 0.2) is 45.7 Å². The van der Waals surface area contributed by atoms with Crippen LogP contribution in [0, 0.1) is 0 Å². The van der Waals surface area contributed by atoms with E-state index in [9.17, 15) is 14.4 Å². The number of carbonyl (C=O) groups excluding carboxylic acids is 2. The van der Waals surface area contributed by atoms with E-state index in [1.54, 1.807) is 24.3 Å². The molecule has 8 nitrogen and oxygen atoms in total. The number of hydrogen-bond donors (Lipinski definition) is 4. The van der Waals surface area contributed by atoms with E-state index in [4.69, 9.17) is 0 Å². The van der Waals surface area contributed by atoms with Crippen LogP contribution in [0.3, 0.4) is 0 Å². The van der Waals surface area contributed by atoms with Gasteiger partial charge in [-0.3, -0.25) is 14.6 Å². The number of carbonyl (C=O) groups is 2. The molecule has 4 N–H and O–H groups in total. The van der Waals surface area contributed by atoms with Gasteiger partial charge in [0, 0.05) is 23.0 Å². The first kappa shape index (κ1) is 16.9. The van der Waals surface area contributed by atoms with Crippen molar-refractivity contribution in [1.82, 2.24) is 15.0 Å². The zero-order valence-electron chi connectivity index (χ0n) is 12.9. The van der Waals surface area contributed by atoms with E-state index < -0.39 is 0 Å². The van der Waals surface area contributed by atoms with Crippen LogP contribution < -0.4 is 16.3 Å². The summed E-state index contributed by atoms with van der Waals surface area (Å²) < 4.78 is 0.915. The minimum Gasteiger partial charge on any atom is -0.326 e. The summed E-state index contributed by atoms with van der Waals surface area (Å²) in [7, 11) is 0. The Morgan fingerprint density at radius 3 is 2.36 bits per heavy atom. The number of anilines is 2. The fraction of sp³-hybridized carbons (Fsp3) is 0.125. The zero-order chi connectivity index (χ0) is 17.8. The Morgan fingerprint density at radius 1 is 0.960 bits per heavy atom. The van der Waals surface area contributed by atoms with Gasteiger partial charge in [0.05, 0.1) is 5.52 Å². The molecule has 25 heavy (non-hydrogen) atoms. The van der Waals surface area contributed by atoms with Crippen molar-refractivity contribution in [3.8, 4) is 0 Å². The topological polar surface area (TPSA) is 120 Å². The Balaban J connectivity index is 1.52. The Hall–Kier alpha value is -2.94. The molecule has 128 valence electrons. The van der Waals surface area contributed by atoms with Crippen molar-refractivity contribution in [2.24, 2.45) is 0 Å². The molecular formula is C16H14BrN5O3. The highest BCUT2D eigenvalue weighted by Gasteiger charge is 2.09. The Bertz CT molecular complexity index is 977. The number of benzene rings is 1. The molecule has 0 bridgehead atoms. The summed E-state index contributed by atoms with van der Waals surface area (Å²) in [4.78, 5) is 44.2. The average Bonchev–Trinajstić information content (AvgIpc) is 2.94. The minimum atomic E-state index is -0.365. The summed E-state index contributed by atoms with van der Waals surface area (Å²) >= 11 is 3.32. The van der Waals surface area contributed by atoms with Gasteiger partial charge < -0.3 is 15.6 Å². The third-order valence-corrected chi connectivity index (χ3v) is 3.88. The van der Waals surface area contributed by atoms with E-state index >= 15 is 0 Å². The lowest BCUT2D eigenvalue weighted by molar-refractivity contribution is -0.121. The van der Waals surface area contributed by atoms with Crippen LogP contribution in [-0.2, 0) is 9.59 Å². The number of halogens is 1. The number of nitrogens with zero attached hydrogens (tertiary/aromatic N) is 1. The van der Waals surface area contributed by atoms with Crippen LogP contribution in [0.4, 0.5) is 11.5 Å². The molecule has 2 heterocycles. The smallest absolute Gasteiger partial charge is 0.325 e. The predicted molar refractivity (Wildman–Crippen MR) is 97.3 cm³/mol. The summed E-state index contributed by atoms with van der Waals surface area (Å²) in [6, 6.07) is 10.4. The van der Waals surface area contributed by atoms with Crippen LogP contribution in [0.25, 0.3) is 11.2 Å². The molecule has 0 unspecified atom stereocenters. The highest BCUT2D eigenvalue weighted by Crippen LogP contribution is 2.14. The molecule has 0 fully saturated rings. The quantitative estimate of drug-likeness (QED) is 0.522. The third-order valence-electron chi connectivity index (χ3n) is 3.35. The Morgan fingerprint density at radius 2 is 1.64 bits per heavy atom. The van der Waals surface area contributed by atoms with Crippen molar-refractivity contribution >= 4 is 50.4 Å². The summed E-state index contributed by atoms with van der Waals surface area (Å²) in [5, 5.41) is 5.31.